The topological polar surface area (TPSA) is 60.2 Å². The van der Waals surface area contributed by atoms with Gasteiger partial charge >= 0.3 is 0 Å². The number of benzene rings is 1. The lowest BCUT2D eigenvalue weighted by molar-refractivity contribution is 0.0758. The van der Waals surface area contributed by atoms with Gasteiger partial charge in [-0.25, -0.2) is 0 Å². The summed E-state index contributed by atoms with van der Waals surface area (Å²) in [5.41, 5.74) is 0.814. The maximum Gasteiger partial charge on any atom is 0.254 e. The van der Waals surface area contributed by atoms with Crippen molar-refractivity contribution in [1.29, 1.82) is 0 Å². The molecule has 2 heterocycles. The van der Waals surface area contributed by atoms with E-state index < -0.39 is 0 Å². The molecule has 29 heavy (non-hydrogen) atoms. The molecule has 156 valence electrons. The molecule has 4 rings (SSSR count). The first-order valence-electron chi connectivity index (χ1n) is 10.8. The van der Waals surface area contributed by atoms with Crippen molar-refractivity contribution in [2.24, 2.45) is 11.3 Å². The standard InChI is InChI=1S/C23H32N4O2/c1-17(2)13-27-16-24-25-21(27)20-14-26(15-23(20)10-5-4-6-11-23)22(28)18-8-7-9-19(12-18)29-3/h7-9,12,16-17,20H,4-6,10-11,13-15H2,1-3H3. The van der Waals surface area contributed by atoms with Crippen LogP contribution in [0.5, 0.6) is 5.75 Å². The summed E-state index contributed by atoms with van der Waals surface area (Å²) in [7, 11) is 1.63. The Morgan fingerprint density at radius 2 is 2.07 bits per heavy atom. The number of amides is 1. The Morgan fingerprint density at radius 1 is 1.28 bits per heavy atom. The third-order valence-electron chi connectivity index (χ3n) is 6.62. The Balaban J connectivity index is 1.64. The molecule has 6 heteroatoms. The normalized spacial score (nSPS) is 21.1. The number of carbonyl (C=O) groups excluding carboxylic acids is 1. The molecule has 1 spiro atoms. The van der Waals surface area contributed by atoms with Crippen LogP contribution in [0.1, 0.15) is 68.1 Å². The van der Waals surface area contributed by atoms with Crippen molar-refractivity contribution >= 4 is 5.91 Å². The molecule has 1 aromatic carbocycles. The molecule has 1 saturated heterocycles. The molecule has 1 saturated carbocycles. The first-order chi connectivity index (χ1) is 14.0. The van der Waals surface area contributed by atoms with E-state index in [1.165, 1.54) is 19.3 Å². The molecule has 2 aromatic rings. The third-order valence-corrected chi connectivity index (χ3v) is 6.62. The molecule has 0 N–H and O–H groups in total. The first kappa shape index (κ1) is 19.9. The fourth-order valence-corrected chi connectivity index (χ4v) is 5.25. The van der Waals surface area contributed by atoms with Gasteiger partial charge in [0.25, 0.3) is 5.91 Å². The van der Waals surface area contributed by atoms with Crippen molar-refractivity contribution in [3.8, 4) is 5.75 Å². The van der Waals surface area contributed by atoms with Crippen molar-refractivity contribution in [2.45, 2.75) is 58.4 Å². The second-order valence-electron chi connectivity index (χ2n) is 9.13. The largest absolute Gasteiger partial charge is 0.497 e. The number of hydrogen-bond donors (Lipinski definition) is 0. The zero-order chi connectivity index (χ0) is 20.4. The molecule has 1 aliphatic carbocycles. The van der Waals surface area contributed by atoms with E-state index in [9.17, 15) is 4.79 Å². The van der Waals surface area contributed by atoms with Crippen molar-refractivity contribution in [3.05, 3.63) is 42.0 Å². The van der Waals surface area contributed by atoms with Crippen LogP contribution in [-0.2, 0) is 6.54 Å². The fourth-order valence-electron chi connectivity index (χ4n) is 5.25. The average Bonchev–Trinajstić information content (AvgIpc) is 3.32. The van der Waals surface area contributed by atoms with E-state index in [-0.39, 0.29) is 17.2 Å². The first-order valence-corrected chi connectivity index (χ1v) is 10.8. The van der Waals surface area contributed by atoms with Crippen LogP contribution in [0.3, 0.4) is 0 Å². The minimum atomic E-state index is 0.0891. The summed E-state index contributed by atoms with van der Waals surface area (Å²) in [6.07, 6.45) is 7.93. The van der Waals surface area contributed by atoms with Gasteiger partial charge in [-0.05, 0) is 42.4 Å². The molecule has 2 fully saturated rings. The predicted molar refractivity (Wildman–Crippen MR) is 112 cm³/mol. The summed E-state index contributed by atoms with van der Waals surface area (Å²) >= 11 is 0. The monoisotopic (exact) mass is 396 g/mol. The van der Waals surface area contributed by atoms with E-state index in [4.69, 9.17) is 4.74 Å². The van der Waals surface area contributed by atoms with Crippen LogP contribution in [0.4, 0.5) is 0 Å². The van der Waals surface area contributed by atoms with E-state index in [1.54, 1.807) is 7.11 Å². The van der Waals surface area contributed by atoms with Crippen LogP contribution >= 0.6 is 0 Å². The summed E-state index contributed by atoms with van der Waals surface area (Å²) in [6.45, 7) is 6.87. The molecular weight excluding hydrogens is 364 g/mol. The van der Waals surface area contributed by atoms with Gasteiger partial charge in [0.15, 0.2) is 0 Å². The number of hydrogen-bond acceptors (Lipinski definition) is 4. The van der Waals surface area contributed by atoms with Gasteiger partial charge in [0, 0.05) is 31.1 Å². The van der Waals surface area contributed by atoms with Crippen LogP contribution in [-0.4, -0.2) is 45.8 Å². The number of likely N-dealkylation sites (tertiary alicyclic amines) is 1. The molecule has 1 atom stereocenters. The summed E-state index contributed by atoms with van der Waals surface area (Å²) in [4.78, 5) is 15.4. The van der Waals surface area contributed by atoms with Gasteiger partial charge in [0.2, 0.25) is 0 Å². The smallest absolute Gasteiger partial charge is 0.254 e. The van der Waals surface area contributed by atoms with Crippen LogP contribution in [0, 0.1) is 11.3 Å². The minimum absolute atomic E-state index is 0.0891. The van der Waals surface area contributed by atoms with Gasteiger partial charge in [0.05, 0.1) is 7.11 Å². The molecule has 1 aliphatic heterocycles. The van der Waals surface area contributed by atoms with Gasteiger partial charge in [-0.2, -0.15) is 0 Å². The van der Waals surface area contributed by atoms with Gasteiger partial charge < -0.3 is 14.2 Å². The number of ether oxygens (including phenoxy) is 1. The van der Waals surface area contributed by atoms with Crippen molar-refractivity contribution < 1.29 is 9.53 Å². The molecule has 0 radical (unpaired) electrons. The van der Waals surface area contributed by atoms with Gasteiger partial charge in [-0.3, -0.25) is 4.79 Å². The second-order valence-corrected chi connectivity index (χ2v) is 9.13. The highest BCUT2D eigenvalue weighted by Crippen LogP contribution is 2.51. The lowest BCUT2D eigenvalue weighted by Crippen LogP contribution is -2.34. The number of nitrogens with zero attached hydrogens (tertiary/aromatic N) is 4. The van der Waals surface area contributed by atoms with E-state index in [1.807, 2.05) is 35.5 Å². The van der Waals surface area contributed by atoms with Crippen molar-refractivity contribution in [3.63, 3.8) is 0 Å². The zero-order valence-electron chi connectivity index (χ0n) is 17.8. The molecule has 1 amide bonds. The van der Waals surface area contributed by atoms with Crippen LogP contribution < -0.4 is 4.74 Å². The minimum Gasteiger partial charge on any atom is -0.497 e. The molecule has 6 nitrogen and oxygen atoms in total. The molecule has 1 aromatic heterocycles. The number of aromatic nitrogens is 3. The highest BCUT2D eigenvalue weighted by atomic mass is 16.5. The number of rotatable bonds is 5. The lowest BCUT2D eigenvalue weighted by atomic mass is 9.67. The zero-order valence-corrected chi connectivity index (χ0v) is 17.8. The third kappa shape index (κ3) is 3.89. The van der Waals surface area contributed by atoms with E-state index in [0.717, 1.165) is 37.5 Å². The van der Waals surface area contributed by atoms with Gasteiger partial charge in [-0.15, -0.1) is 10.2 Å². The average molecular weight is 397 g/mol. The molecular formula is C23H32N4O2. The van der Waals surface area contributed by atoms with E-state index in [2.05, 4.69) is 28.6 Å². The quantitative estimate of drug-likeness (QED) is 0.762. The Morgan fingerprint density at radius 3 is 2.79 bits per heavy atom. The predicted octanol–water partition coefficient (Wildman–Crippen LogP) is 4.13. The second kappa shape index (κ2) is 8.17. The van der Waals surface area contributed by atoms with E-state index in [0.29, 0.717) is 18.0 Å². The summed E-state index contributed by atoms with van der Waals surface area (Å²) in [5, 5.41) is 8.79. The Kier molecular flexibility index (Phi) is 5.61. The number of methoxy groups -OCH3 is 1. The lowest BCUT2D eigenvalue weighted by Gasteiger charge is -2.37. The van der Waals surface area contributed by atoms with E-state index >= 15 is 0 Å². The molecule has 2 aliphatic rings. The highest BCUT2D eigenvalue weighted by molar-refractivity contribution is 5.95. The van der Waals surface area contributed by atoms with Gasteiger partial charge in [0.1, 0.15) is 17.9 Å². The van der Waals surface area contributed by atoms with Crippen LogP contribution in [0.2, 0.25) is 0 Å². The highest BCUT2D eigenvalue weighted by Gasteiger charge is 2.50. The van der Waals surface area contributed by atoms with Crippen molar-refractivity contribution in [2.75, 3.05) is 20.2 Å². The summed E-state index contributed by atoms with van der Waals surface area (Å²) in [5.74, 6) is 2.64. The Bertz CT molecular complexity index is 854. The maximum atomic E-state index is 13.3. The van der Waals surface area contributed by atoms with Crippen molar-refractivity contribution in [1.82, 2.24) is 19.7 Å². The fraction of sp³-hybridized carbons (Fsp3) is 0.609. The summed E-state index contributed by atoms with van der Waals surface area (Å²) in [6, 6.07) is 7.48. The van der Waals surface area contributed by atoms with Gasteiger partial charge in [-0.1, -0.05) is 39.2 Å². The Labute approximate surface area is 173 Å². The van der Waals surface area contributed by atoms with Crippen LogP contribution in [0.15, 0.2) is 30.6 Å². The SMILES string of the molecule is COc1cccc(C(=O)N2CC(c3nncn3CC(C)C)C3(CCCCC3)C2)c1. The Hall–Kier alpha value is -2.37. The van der Waals surface area contributed by atoms with Crippen LogP contribution in [0.25, 0.3) is 0 Å². The maximum absolute atomic E-state index is 13.3. The number of carbonyl (C=O) groups is 1. The molecule has 1 unspecified atom stereocenters. The molecule has 0 bridgehead atoms. The summed E-state index contributed by atoms with van der Waals surface area (Å²) < 4.78 is 7.53.